The van der Waals surface area contributed by atoms with Crippen molar-refractivity contribution in [2.24, 2.45) is 5.92 Å². The summed E-state index contributed by atoms with van der Waals surface area (Å²) in [6.07, 6.45) is 3.53. The molecule has 0 spiro atoms. The number of hydrogen-bond acceptors (Lipinski definition) is 9. The van der Waals surface area contributed by atoms with Crippen LogP contribution in [0.2, 0.25) is 0 Å². The van der Waals surface area contributed by atoms with E-state index in [0.29, 0.717) is 59.6 Å². The van der Waals surface area contributed by atoms with E-state index in [4.69, 9.17) is 18.6 Å². The van der Waals surface area contributed by atoms with Crippen molar-refractivity contribution in [3.8, 4) is 16.5 Å². The van der Waals surface area contributed by atoms with Crippen molar-refractivity contribution in [3.05, 3.63) is 68.7 Å². The molecule has 12 heteroatoms. The second-order valence-corrected chi connectivity index (χ2v) is 12.6. The van der Waals surface area contributed by atoms with Gasteiger partial charge in [0.25, 0.3) is 5.56 Å². The van der Waals surface area contributed by atoms with E-state index in [9.17, 15) is 19.5 Å². The molecule has 0 amide bonds. The number of benzene rings is 1. The quantitative estimate of drug-likeness (QED) is 0.249. The molecule has 1 aromatic carbocycles. The number of aryl methyl sites for hydroxylation is 1. The fourth-order valence-electron chi connectivity index (χ4n) is 5.19. The second-order valence-electron chi connectivity index (χ2n) is 11.7. The predicted molar refractivity (Wildman–Crippen MR) is 162 cm³/mol. The minimum Gasteiger partial charge on any atom is -0.493 e. The van der Waals surface area contributed by atoms with Gasteiger partial charge in [-0.25, -0.2) is 19.1 Å². The number of rotatable bonds is 11. The first-order valence-electron chi connectivity index (χ1n) is 14.4. The molecule has 0 unspecified atom stereocenters. The summed E-state index contributed by atoms with van der Waals surface area (Å²) in [5.41, 5.74) is -1.94. The number of hydrogen-bond donors (Lipinski definition) is 1. The number of ether oxygens (including phenoxy) is 3. The number of para-hydroxylation sites is 1. The van der Waals surface area contributed by atoms with E-state index in [-0.39, 0.29) is 24.0 Å². The number of carboxylic acid groups (broad SMARTS) is 1. The number of nitrogens with zero attached hydrogens (tertiary/aromatic N) is 3. The Bertz CT molecular complexity index is 1710. The molecular weight excluding hydrogens is 574 g/mol. The third-order valence-electron chi connectivity index (χ3n) is 7.63. The molecule has 0 saturated carbocycles. The summed E-state index contributed by atoms with van der Waals surface area (Å²) in [5, 5.41) is 10.3. The van der Waals surface area contributed by atoms with Crippen LogP contribution < -0.4 is 16.0 Å². The van der Waals surface area contributed by atoms with Gasteiger partial charge in [0, 0.05) is 18.8 Å². The summed E-state index contributed by atoms with van der Waals surface area (Å²) in [4.78, 5) is 45.7. The number of fused-ring (bicyclic) bond motifs is 1. The van der Waals surface area contributed by atoms with Gasteiger partial charge in [-0.05, 0) is 51.2 Å². The van der Waals surface area contributed by atoms with E-state index in [0.717, 1.165) is 10.1 Å². The van der Waals surface area contributed by atoms with E-state index in [1.54, 1.807) is 6.92 Å². The van der Waals surface area contributed by atoms with Crippen LogP contribution in [0.3, 0.4) is 0 Å². The van der Waals surface area contributed by atoms with Crippen LogP contribution >= 0.6 is 11.3 Å². The largest absolute Gasteiger partial charge is 0.493 e. The average molecular weight is 612 g/mol. The lowest BCUT2D eigenvalue weighted by Crippen LogP contribution is -2.52. The molecule has 43 heavy (non-hydrogen) atoms. The van der Waals surface area contributed by atoms with Crippen LogP contribution in [-0.4, -0.2) is 51.1 Å². The number of thiophene rings is 1. The predicted octanol–water partition coefficient (Wildman–Crippen LogP) is 4.98. The molecule has 0 aliphatic carbocycles. The highest BCUT2D eigenvalue weighted by Crippen LogP contribution is 2.38. The Morgan fingerprint density at radius 2 is 1.93 bits per heavy atom. The Kier molecular flexibility index (Phi) is 8.91. The van der Waals surface area contributed by atoms with E-state index >= 15 is 0 Å². The fourth-order valence-corrected chi connectivity index (χ4v) is 6.44. The van der Waals surface area contributed by atoms with Crippen LogP contribution in [0.25, 0.3) is 21.0 Å². The Morgan fingerprint density at radius 1 is 1.21 bits per heavy atom. The second kappa shape index (κ2) is 12.5. The van der Waals surface area contributed by atoms with E-state index in [1.165, 1.54) is 42.2 Å². The normalized spacial score (nSPS) is 15.3. The first-order valence-corrected chi connectivity index (χ1v) is 15.2. The zero-order valence-corrected chi connectivity index (χ0v) is 25.8. The molecule has 4 heterocycles. The Balaban J connectivity index is 1.73. The summed E-state index contributed by atoms with van der Waals surface area (Å²) >= 11 is 1.21. The molecular formula is C31H37N3O8S. The SMILES string of the molecule is Cc1c(-c2ncco2)sc2c1c(=O)n(C(C)(C)C(=O)O)c(=O)n2C[C@H](OC1CCOCC1)c1ccccc1OCC(C)C. The minimum absolute atomic E-state index is 0.00962. The average Bonchev–Trinajstić information content (AvgIpc) is 3.62. The molecule has 230 valence electrons. The molecule has 1 aliphatic rings. The van der Waals surface area contributed by atoms with Crippen LogP contribution in [0.5, 0.6) is 5.75 Å². The molecule has 1 fully saturated rings. The highest BCUT2D eigenvalue weighted by molar-refractivity contribution is 7.22. The molecule has 5 rings (SSSR count). The number of carbonyl (C=O) groups is 1. The molecule has 11 nitrogen and oxygen atoms in total. The van der Waals surface area contributed by atoms with Gasteiger partial charge in [0.05, 0.1) is 35.7 Å². The fraction of sp³-hybridized carbons (Fsp3) is 0.484. The molecule has 1 N–H and O–H groups in total. The van der Waals surface area contributed by atoms with Crippen molar-refractivity contribution < 1.29 is 28.5 Å². The Morgan fingerprint density at radius 3 is 2.58 bits per heavy atom. The van der Waals surface area contributed by atoms with Gasteiger partial charge in [-0.3, -0.25) is 9.36 Å². The summed E-state index contributed by atoms with van der Waals surface area (Å²) < 4.78 is 26.2. The molecule has 3 aromatic heterocycles. The van der Waals surface area contributed by atoms with Crippen molar-refractivity contribution in [1.29, 1.82) is 0 Å². The molecule has 1 atom stereocenters. The van der Waals surface area contributed by atoms with Gasteiger partial charge in [-0.1, -0.05) is 32.0 Å². The van der Waals surface area contributed by atoms with Gasteiger partial charge in [0.1, 0.15) is 28.5 Å². The Hall–Kier alpha value is -3.74. The van der Waals surface area contributed by atoms with Gasteiger partial charge >= 0.3 is 11.7 Å². The topological polar surface area (TPSA) is 135 Å². The maximum absolute atomic E-state index is 14.2. The molecule has 1 saturated heterocycles. The third-order valence-corrected chi connectivity index (χ3v) is 8.94. The number of aliphatic carboxylic acids is 1. The lowest BCUT2D eigenvalue weighted by atomic mass is 10.0. The van der Waals surface area contributed by atoms with Crippen LogP contribution in [0.4, 0.5) is 0 Å². The maximum Gasteiger partial charge on any atom is 0.333 e. The van der Waals surface area contributed by atoms with Crippen molar-refractivity contribution in [2.75, 3.05) is 19.8 Å². The number of carboxylic acids is 1. The summed E-state index contributed by atoms with van der Waals surface area (Å²) in [7, 11) is 0. The summed E-state index contributed by atoms with van der Waals surface area (Å²) in [6, 6.07) is 7.56. The standard InChI is InChI=1S/C31H37N3O8S/c1-18(2)17-41-22-9-7-6-8-21(22)23(42-20-10-13-39-14-11-20)16-33-28-24(19(3)25(43-28)26-32-12-15-40-26)27(35)34(30(33)38)31(4,5)29(36)37/h6-9,12,15,18,20,23H,10-11,13-14,16-17H2,1-5H3,(H,36,37)/t23-/m0/s1. The van der Waals surface area contributed by atoms with Gasteiger partial charge < -0.3 is 23.7 Å². The smallest absolute Gasteiger partial charge is 0.333 e. The van der Waals surface area contributed by atoms with Crippen molar-refractivity contribution in [1.82, 2.24) is 14.1 Å². The van der Waals surface area contributed by atoms with Crippen LogP contribution in [-0.2, 0) is 26.4 Å². The lowest BCUT2D eigenvalue weighted by molar-refractivity contribution is -0.146. The summed E-state index contributed by atoms with van der Waals surface area (Å²) in [5.74, 6) is -0.0707. The molecule has 0 bridgehead atoms. The lowest BCUT2D eigenvalue weighted by Gasteiger charge is -2.30. The number of oxazole rings is 1. The van der Waals surface area contributed by atoms with Crippen LogP contribution in [0.1, 0.15) is 57.8 Å². The number of aromatic nitrogens is 3. The van der Waals surface area contributed by atoms with E-state index < -0.39 is 28.9 Å². The zero-order valence-electron chi connectivity index (χ0n) is 25.0. The molecule has 4 aromatic rings. The van der Waals surface area contributed by atoms with Gasteiger partial charge in [-0.15, -0.1) is 11.3 Å². The first kappa shape index (κ1) is 30.7. The monoisotopic (exact) mass is 611 g/mol. The van der Waals surface area contributed by atoms with Crippen LogP contribution in [0, 0.1) is 12.8 Å². The minimum atomic E-state index is -1.82. The summed E-state index contributed by atoms with van der Waals surface area (Å²) in [6.45, 7) is 10.2. The van der Waals surface area contributed by atoms with Crippen molar-refractivity contribution >= 4 is 27.5 Å². The zero-order chi connectivity index (χ0) is 30.9. The van der Waals surface area contributed by atoms with Gasteiger partial charge in [-0.2, -0.15) is 0 Å². The van der Waals surface area contributed by atoms with Gasteiger partial charge in [0.15, 0.2) is 0 Å². The van der Waals surface area contributed by atoms with E-state index in [2.05, 4.69) is 18.8 Å². The third kappa shape index (κ3) is 6.04. The maximum atomic E-state index is 14.2. The van der Waals surface area contributed by atoms with Gasteiger partial charge in [0.2, 0.25) is 5.89 Å². The van der Waals surface area contributed by atoms with Crippen molar-refractivity contribution in [2.45, 2.75) is 71.8 Å². The Labute approximate surface area is 252 Å². The highest BCUT2D eigenvalue weighted by Gasteiger charge is 2.36. The molecule has 0 radical (unpaired) electrons. The first-order chi connectivity index (χ1) is 20.5. The molecule has 1 aliphatic heterocycles. The highest BCUT2D eigenvalue weighted by atomic mass is 32.1. The van der Waals surface area contributed by atoms with Crippen LogP contribution in [0.15, 0.2) is 50.7 Å². The van der Waals surface area contributed by atoms with Crippen molar-refractivity contribution in [3.63, 3.8) is 0 Å². The van der Waals surface area contributed by atoms with E-state index in [1.807, 2.05) is 24.3 Å².